The second-order valence-electron chi connectivity index (χ2n) is 5.02. The molecule has 3 N–H and O–H groups in total. The number of amidine groups is 1. The molecule has 0 unspecified atom stereocenters. The Kier molecular flexibility index (Phi) is 3.43. The average molecular weight is 284 g/mol. The number of ether oxygens (including phenoxy) is 1. The molecule has 0 fully saturated rings. The number of hydrogen-bond donors (Lipinski definition) is 2. The van der Waals surface area contributed by atoms with Gasteiger partial charge in [0.15, 0.2) is 5.84 Å². The molecular weight excluding hydrogens is 268 g/mol. The Morgan fingerprint density at radius 2 is 2.24 bits per heavy atom. The van der Waals surface area contributed by atoms with Crippen molar-refractivity contribution in [3.05, 3.63) is 46.9 Å². The van der Waals surface area contributed by atoms with E-state index in [2.05, 4.69) is 15.1 Å². The molecule has 2 aromatic heterocycles. The minimum Gasteiger partial charge on any atom is -0.437 e. The van der Waals surface area contributed by atoms with Gasteiger partial charge in [-0.3, -0.25) is 4.98 Å². The number of fused-ring (bicyclic) bond motifs is 1. The zero-order valence-electron chi connectivity index (χ0n) is 11.7. The number of nitrogens with zero attached hydrogens (tertiary/aromatic N) is 3. The highest BCUT2D eigenvalue weighted by Gasteiger charge is 2.20. The minimum absolute atomic E-state index is 0.00716. The maximum Gasteiger partial charge on any atom is 0.230 e. The van der Waals surface area contributed by atoms with Crippen LogP contribution in [0.5, 0.6) is 11.6 Å². The third-order valence-corrected chi connectivity index (χ3v) is 3.50. The first-order valence-corrected chi connectivity index (χ1v) is 6.78. The van der Waals surface area contributed by atoms with E-state index in [1.165, 1.54) is 0 Å². The van der Waals surface area contributed by atoms with Crippen molar-refractivity contribution >= 4 is 5.84 Å². The fourth-order valence-electron chi connectivity index (χ4n) is 2.39. The molecule has 0 saturated carbocycles. The van der Waals surface area contributed by atoms with Crippen molar-refractivity contribution in [3.8, 4) is 11.6 Å². The van der Waals surface area contributed by atoms with Crippen LogP contribution in [0.15, 0.2) is 29.6 Å². The van der Waals surface area contributed by atoms with Gasteiger partial charge in [-0.2, -0.15) is 0 Å². The Bertz CT molecular complexity index is 696. The first-order chi connectivity index (χ1) is 10.2. The van der Waals surface area contributed by atoms with Gasteiger partial charge in [0, 0.05) is 11.4 Å². The van der Waals surface area contributed by atoms with Gasteiger partial charge < -0.3 is 15.7 Å². The number of aromatic nitrogens is 2. The summed E-state index contributed by atoms with van der Waals surface area (Å²) in [4.78, 5) is 8.70. The average Bonchev–Trinajstić information content (AvgIpc) is 2.95. The normalized spacial score (nSPS) is 14.0. The van der Waals surface area contributed by atoms with Crippen LogP contribution in [0.1, 0.15) is 28.9 Å². The number of oxime groups is 1. The van der Waals surface area contributed by atoms with Gasteiger partial charge in [-0.15, -0.1) is 0 Å². The molecule has 0 aliphatic heterocycles. The molecule has 2 aromatic rings. The minimum atomic E-state index is -0.00716. The molecule has 0 aromatic carbocycles. The standard InChI is InChI=1S/C15H16N4O2/c1-9-5-6-11(8-17-9)21-15-12(14(16)19-20)7-10-3-2-4-13(10)18-15/h5-8,20H,2-4H2,1H3,(H2,16,19). The third kappa shape index (κ3) is 2.65. The van der Waals surface area contributed by atoms with Crippen LogP contribution in [-0.2, 0) is 12.8 Å². The van der Waals surface area contributed by atoms with Crippen LogP contribution < -0.4 is 10.5 Å². The first-order valence-electron chi connectivity index (χ1n) is 6.78. The number of rotatable bonds is 3. The molecule has 0 atom stereocenters. The predicted molar refractivity (Wildman–Crippen MR) is 77.8 cm³/mol. The van der Waals surface area contributed by atoms with Crippen LogP contribution in [0.3, 0.4) is 0 Å². The summed E-state index contributed by atoms with van der Waals surface area (Å²) in [5, 5.41) is 12.0. The van der Waals surface area contributed by atoms with E-state index < -0.39 is 0 Å². The summed E-state index contributed by atoms with van der Waals surface area (Å²) in [6.07, 6.45) is 4.57. The van der Waals surface area contributed by atoms with E-state index in [-0.39, 0.29) is 5.84 Å². The summed E-state index contributed by atoms with van der Waals surface area (Å²) in [5.41, 5.74) is 9.28. The van der Waals surface area contributed by atoms with E-state index in [9.17, 15) is 0 Å². The molecule has 0 radical (unpaired) electrons. The van der Waals surface area contributed by atoms with Gasteiger partial charge in [-0.05, 0) is 49.9 Å². The number of pyridine rings is 2. The van der Waals surface area contributed by atoms with Crippen molar-refractivity contribution in [3.63, 3.8) is 0 Å². The lowest BCUT2D eigenvalue weighted by Crippen LogP contribution is -2.16. The highest BCUT2D eigenvalue weighted by Crippen LogP contribution is 2.29. The maximum absolute atomic E-state index is 8.93. The molecule has 0 bridgehead atoms. The molecule has 3 rings (SSSR count). The van der Waals surface area contributed by atoms with E-state index in [1.54, 1.807) is 6.20 Å². The largest absolute Gasteiger partial charge is 0.437 e. The molecule has 6 heteroatoms. The molecule has 0 spiro atoms. The smallest absolute Gasteiger partial charge is 0.230 e. The maximum atomic E-state index is 8.93. The quantitative estimate of drug-likeness (QED) is 0.390. The van der Waals surface area contributed by atoms with Crippen LogP contribution >= 0.6 is 0 Å². The summed E-state index contributed by atoms with van der Waals surface area (Å²) in [6, 6.07) is 5.56. The molecule has 6 nitrogen and oxygen atoms in total. The Morgan fingerprint density at radius 1 is 1.38 bits per heavy atom. The van der Waals surface area contributed by atoms with Gasteiger partial charge in [-0.25, -0.2) is 4.98 Å². The van der Waals surface area contributed by atoms with Crippen LogP contribution in [0.25, 0.3) is 0 Å². The van der Waals surface area contributed by atoms with E-state index in [0.29, 0.717) is 17.2 Å². The van der Waals surface area contributed by atoms with Gasteiger partial charge in [-0.1, -0.05) is 5.16 Å². The molecule has 21 heavy (non-hydrogen) atoms. The molecule has 1 aliphatic carbocycles. The van der Waals surface area contributed by atoms with E-state index in [1.807, 2.05) is 25.1 Å². The summed E-state index contributed by atoms with van der Waals surface area (Å²) in [7, 11) is 0. The summed E-state index contributed by atoms with van der Waals surface area (Å²) in [5.74, 6) is 0.905. The molecule has 2 heterocycles. The SMILES string of the molecule is Cc1ccc(Oc2nc3c(cc2C(N)=NO)CCC3)cn1. The van der Waals surface area contributed by atoms with Crippen molar-refractivity contribution in [1.82, 2.24) is 9.97 Å². The first kappa shape index (κ1) is 13.4. The second-order valence-corrected chi connectivity index (χ2v) is 5.02. The zero-order chi connectivity index (χ0) is 14.8. The molecule has 1 aliphatic rings. The van der Waals surface area contributed by atoms with Gasteiger partial charge in [0.25, 0.3) is 0 Å². The Labute approximate surface area is 122 Å². The van der Waals surface area contributed by atoms with Crippen molar-refractivity contribution in [2.24, 2.45) is 10.9 Å². The van der Waals surface area contributed by atoms with E-state index >= 15 is 0 Å². The van der Waals surface area contributed by atoms with Gasteiger partial charge in [0.05, 0.1) is 11.8 Å². The summed E-state index contributed by atoms with van der Waals surface area (Å²) >= 11 is 0. The fourth-order valence-corrected chi connectivity index (χ4v) is 2.39. The Morgan fingerprint density at radius 3 is 2.95 bits per heavy atom. The van der Waals surface area contributed by atoms with Crippen LogP contribution in [0, 0.1) is 6.92 Å². The van der Waals surface area contributed by atoms with Crippen molar-refractivity contribution < 1.29 is 9.94 Å². The second kappa shape index (κ2) is 5.40. The van der Waals surface area contributed by atoms with Crippen LogP contribution in [-0.4, -0.2) is 21.0 Å². The van der Waals surface area contributed by atoms with E-state index in [4.69, 9.17) is 15.7 Å². The van der Waals surface area contributed by atoms with Crippen molar-refractivity contribution in [2.45, 2.75) is 26.2 Å². The monoisotopic (exact) mass is 284 g/mol. The van der Waals surface area contributed by atoms with Crippen LogP contribution in [0.4, 0.5) is 0 Å². The van der Waals surface area contributed by atoms with Crippen molar-refractivity contribution in [2.75, 3.05) is 0 Å². The highest BCUT2D eigenvalue weighted by molar-refractivity contribution is 5.99. The summed E-state index contributed by atoms with van der Waals surface area (Å²) < 4.78 is 5.77. The molecule has 108 valence electrons. The number of nitrogens with two attached hydrogens (primary N) is 1. The Balaban J connectivity index is 2.01. The zero-order valence-corrected chi connectivity index (χ0v) is 11.7. The van der Waals surface area contributed by atoms with Gasteiger partial charge in [0.2, 0.25) is 5.88 Å². The lowest BCUT2D eigenvalue weighted by molar-refractivity contribution is 0.318. The highest BCUT2D eigenvalue weighted by atomic mass is 16.5. The van der Waals surface area contributed by atoms with Gasteiger partial charge in [0.1, 0.15) is 5.75 Å². The molecular formula is C15H16N4O2. The summed E-state index contributed by atoms with van der Waals surface area (Å²) in [6.45, 7) is 1.90. The van der Waals surface area contributed by atoms with Crippen LogP contribution in [0.2, 0.25) is 0 Å². The third-order valence-electron chi connectivity index (χ3n) is 3.50. The number of hydrogen-bond acceptors (Lipinski definition) is 5. The topological polar surface area (TPSA) is 93.6 Å². The fraction of sp³-hybridized carbons (Fsp3) is 0.267. The van der Waals surface area contributed by atoms with Crippen molar-refractivity contribution in [1.29, 1.82) is 0 Å². The lowest BCUT2D eigenvalue weighted by atomic mass is 10.1. The lowest BCUT2D eigenvalue weighted by Gasteiger charge is -2.11. The Hall–Kier alpha value is -2.63. The van der Waals surface area contributed by atoms with E-state index in [0.717, 1.165) is 36.2 Å². The number of aryl methyl sites for hydroxylation is 3. The molecule has 0 amide bonds. The predicted octanol–water partition coefficient (Wildman–Crippen LogP) is 2.16. The molecule has 0 saturated heterocycles. The van der Waals surface area contributed by atoms with Gasteiger partial charge >= 0.3 is 0 Å².